The zero-order valence-electron chi connectivity index (χ0n) is 20.9. The third-order valence-electron chi connectivity index (χ3n) is 5.70. The zero-order chi connectivity index (χ0) is 25.7. The van der Waals surface area contributed by atoms with Gasteiger partial charge in [-0.25, -0.2) is 9.97 Å². The molecule has 0 aliphatic carbocycles. The number of aromatic nitrogens is 4. The fourth-order valence-electron chi connectivity index (χ4n) is 3.91. The lowest BCUT2D eigenvalue weighted by Crippen LogP contribution is -2.51. The smallest absolute Gasteiger partial charge is 0.236 e. The van der Waals surface area contributed by atoms with Crippen molar-refractivity contribution in [3.63, 3.8) is 0 Å². The summed E-state index contributed by atoms with van der Waals surface area (Å²) in [6.07, 6.45) is 0. The first-order valence-electron chi connectivity index (χ1n) is 11.7. The van der Waals surface area contributed by atoms with E-state index in [1.54, 1.807) is 7.05 Å². The molecule has 1 aliphatic heterocycles. The highest BCUT2D eigenvalue weighted by Crippen LogP contribution is 2.33. The van der Waals surface area contributed by atoms with Crippen molar-refractivity contribution in [1.29, 1.82) is 0 Å². The van der Waals surface area contributed by atoms with Crippen LogP contribution in [0.3, 0.4) is 0 Å². The monoisotopic (exact) mass is 509 g/mol. The maximum absolute atomic E-state index is 12.3. The van der Waals surface area contributed by atoms with E-state index in [1.807, 2.05) is 49.1 Å². The van der Waals surface area contributed by atoms with E-state index >= 15 is 0 Å². The minimum Gasteiger partial charge on any atom is -0.353 e. The van der Waals surface area contributed by atoms with Crippen LogP contribution in [0, 0.1) is 13.8 Å². The van der Waals surface area contributed by atoms with Crippen molar-refractivity contribution < 1.29 is 9.59 Å². The Balaban J connectivity index is 1.59. The van der Waals surface area contributed by atoms with Gasteiger partial charge < -0.3 is 25.8 Å². The van der Waals surface area contributed by atoms with E-state index in [4.69, 9.17) is 9.97 Å². The molecule has 1 aliphatic rings. The van der Waals surface area contributed by atoms with Crippen molar-refractivity contribution in [2.75, 3.05) is 55.3 Å². The van der Waals surface area contributed by atoms with E-state index in [0.29, 0.717) is 49.5 Å². The molecule has 0 saturated carbocycles. The lowest BCUT2D eigenvalue weighted by Gasteiger charge is -2.36. The molecule has 0 bridgehead atoms. The molecule has 1 saturated heterocycles. The summed E-state index contributed by atoms with van der Waals surface area (Å²) in [7, 11) is 1.78. The van der Waals surface area contributed by atoms with Gasteiger partial charge in [-0.1, -0.05) is 0 Å². The number of aromatic amines is 1. The average Bonchev–Trinajstić information content (AvgIpc) is 3.26. The molecule has 0 unspecified atom stereocenters. The van der Waals surface area contributed by atoms with Gasteiger partial charge in [0, 0.05) is 61.0 Å². The Labute approximate surface area is 214 Å². The van der Waals surface area contributed by atoms with Gasteiger partial charge in [-0.3, -0.25) is 14.7 Å². The minimum atomic E-state index is -0.112. The van der Waals surface area contributed by atoms with Gasteiger partial charge in [-0.05, 0) is 56.9 Å². The Hall–Kier alpha value is -3.64. The minimum absolute atomic E-state index is 0.103. The number of H-pyrrole nitrogens is 1. The fourth-order valence-corrected chi connectivity index (χ4v) is 4.66. The quantitative estimate of drug-likeness (QED) is 0.338. The van der Waals surface area contributed by atoms with E-state index in [-0.39, 0.29) is 11.8 Å². The van der Waals surface area contributed by atoms with Crippen molar-refractivity contribution in [2.24, 2.45) is 0 Å². The molecule has 3 heterocycles. The lowest BCUT2D eigenvalue weighted by atomic mass is 10.2. The third-order valence-corrected chi connectivity index (χ3v) is 6.57. The molecular formula is C24H31N9O2S. The lowest BCUT2D eigenvalue weighted by molar-refractivity contribution is -0.130. The van der Waals surface area contributed by atoms with Crippen LogP contribution >= 0.6 is 11.8 Å². The second-order valence-electron chi connectivity index (χ2n) is 8.57. The Morgan fingerprint density at radius 3 is 2.42 bits per heavy atom. The molecule has 2 aromatic heterocycles. The van der Waals surface area contributed by atoms with Crippen LogP contribution in [0.1, 0.15) is 18.2 Å². The second kappa shape index (κ2) is 11.4. The molecule has 2 amide bonds. The van der Waals surface area contributed by atoms with Crippen LogP contribution in [0.25, 0.3) is 0 Å². The van der Waals surface area contributed by atoms with Crippen molar-refractivity contribution in [3.8, 4) is 0 Å². The van der Waals surface area contributed by atoms with E-state index < -0.39 is 0 Å². The molecule has 0 radical (unpaired) electrons. The van der Waals surface area contributed by atoms with Gasteiger partial charge in [0.1, 0.15) is 11.6 Å². The number of benzene rings is 1. The Morgan fingerprint density at radius 2 is 1.81 bits per heavy atom. The summed E-state index contributed by atoms with van der Waals surface area (Å²) in [5, 5.41) is 16.8. The van der Waals surface area contributed by atoms with Crippen molar-refractivity contribution in [3.05, 3.63) is 41.6 Å². The standard InChI is InChI=1S/C24H31N9O2S/c1-15-13-20(31-30-15)27-22-16(2)23(33-11-9-32(10-12-33)21(35)14-25-4)29-24(28-22)36-19-7-5-18(6-8-19)26-17(3)34/h5-8,13,25H,9-12,14H2,1-4H3,(H,26,34)(H2,27,28,29,30,31). The predicted octanol–water partition coefficient (Wildman–Crippen LogP) is 2.54. The zero-order valence-corrected chi connectivity index (χ0v) is 21.7. The number of carbonyl (C=O) groups excluding carboxylic acids is 2. The molecule has 190 valence electrons. The van der Waals surface area contributed by atoms with Gasteiger partial charge in [-0.15, -0.1) is 0 Å². The van der Waals surface area contributed by atoms with Crippen LogP contribution in [0.2, 0.25) is 0 Å². The van der Waals surface area contributed by atoms with Crippen LogP contribution in [-0.2, 0) is 9.59 Å². The number of carbonyl (C=O) groups is 2. The Kier molecular flexibility index (Phi) is 8.06. The van der Waals surface area contributed by atoms with Crippen LogP contribution in [0.15, 0.2) is 40.4 Å². The van der Waals surface area contributed by atoms with Gasteiger partial charge in [-0.2, -0.15) is 5.10 Å². The van der Waals surface area contributed by atoms with Crippen molar-refractivity contribution >= 4 is 46.7 Å². The number of nitrogens with zero attached hydrogens (tertiary/aromatic N) is 5. The first kappa shape index (κ1) is 25.5. The normalized spacial score (nSPS) is 13.6. The average molecular weight is 510 g/mol. The number of anilines is 4. The van der Waals surface area contributed by atoms with Gasteiger partial charge in [0.25, 0.3) is 0 Å². The van der Waals surface area contributed by atoms with Gasteiger partial charge in [0.15, 0.2) is 11.0 Å². The molecule has 4 rings (SSSR count). The number of aryl methyl sites for hydroxylation is 1. The number of rotatable bonds is 8. The number of likely N-dealkylation sites (N-methyl/N-ethyl adjacent to an activating group) is 1. The predicted molar refractivity (Wildman–Crippen MR) is 141 cm³/mol. The van der Waals surface area contributed by atoms with Crippen LogP contribution in [0.5, 0.6) is 0 Å². The van der Waals surface area contributed by atoms with Gasteiger partial charge in [0.05, 0.1) is 6.54 Å². The first-order chi connectivity index (χ1) is 17.3. The summed E-state index contributed by atoms with van der Waals surface area (Å²) < 4.78 is 0. The molecule has 1 fully saturated rings. The van der Waals surface area contributed by atoms with Gasteiger partial charge >= 0.3 is 0 Å². The highest BCUT2D eigenvalue weighted by Gasteiger charge is 2.24. The number of piperazine rings is 1. The second-order valence-corrected chi connectivity index (χ2v) is 9.61. The maximum atomic E-state index is 12.3. The molecule has 1 aromatic carbocycles. The topological polar surface area (TPSA) is 131 Å². The summed E-state index contributed by atoms with van der Waals surface area (Å²) >= 11 is 1.44. The van der Waals surface area contributed by atoms with E-state index in [2.05, 4.69) is 31.0 Å². The summed E-state index contributed by atoms with van der Waals surface area (Å²) in [5.74, 6) is 2.18. The van der Waals surface area contributed by atoms with Crippen LogP contribution < -0.4 is 20.9 Å². The molecule has 12 heteroatoms. The number of hydrogen-bond acceptors (Lipinski definition) is 9. The molecular weight excluding hydrogens is 478 g/mol. The fraction of sp³-hybridized carbons (Fsp3) is 0.375. The molecule has 4 N–H and O–H groups in total. The highest BCUT2D eigenvalue weighted by atomic mass is 32.2. The van der Waals surface area contributed by atoms with E-state index in [1.165, 1.54) is 18.7 Å². The van der Waals surface area contributed by atoms with Crippen molar-refractivity contribution in [2.45, 2.75) is 30.8 Å². The maximum Gasteiger partial charge on any atom is 0.236 e. The largest absolute Gasteiger partial charge is 0.353 e. The first-order valence-corrected chi connectivity index (χ1v) is 12.5. The summed E-state index contributed by atoms with van der Waals surface area (Å²) in [4.78, 5) is 38.3. The molecule has 0 spiro atoms. The Morgan fingerprint density at radius 1 is 1.08 bits per heavy atom. The summed E-state index contributed by atoms with van der Waals surface area (Å²) in [6.45, 7) is 8.40. The number of hydrogen-bond donors (Lipinski definition) is 4. The van der Waals surface area contributed by atoms with Crippen LogP contribution in [-0.4, -0.2) is 76.7 Å². The molecule has 3 aromatic rings. The Bertz CT molecular complexity index is 1220. The summed E-state index contributed by atoms with van der Waals surface area (Å²) in [5.41, 5.74) is 2.59. The number of amides is 2. The van der Waals surface area contributed by atoms with Crippen LogP contribution in [0.4, 0.5) is 23.1 Å². The number of nitrogens with one attached hydrogen (secondary N) is 4. The van der Waals surface area contributed by atoms with E-state index in [9.17, 15) is 9.59 Å². The van der Waals surface area contributed by atoms with Gasteiger partial charge in [0.2, 0.25) is 11.8 Å². The van der Waals surface area contributed by atoms with E-state index in [0.717, 1.165) is 27.7 Å². The third kappa shape index (κ3) is 6.32. The molecule has 0 atom stereocenters. The molecule has 11 nitrogen and oxygen atoms in total. The molecule has 36 heavy (non-hydrogen) atoms. The van der Waals surface area contributed by atoms with Crippen molar-refractivity contribution in [1.82, 2.24) is 30.4 Å². The summed E-state index contributed by atoms with van der Waals surface area (Å²) in [6, 6.07) is 9.48. The SMILES string of the molecule is CNCC(=O)N1CCN(c2nc(Sc3ccc(NC(C)=O)cc3)nc(Nc3cc(C)[nH]n3)c2C)CC1. The highest BCUT2D eigenvalue weighted by molar-refractivity contribution is 7.99.